The van der Waals surface area contributed by atoms with Crippen LogP contribution in [0.4, 0.5) is 0 Å². The smallest absolute Gasteiger partial charge is 0.271 e. The summed E-state index contributed by atoms with van der Waals surface area (Å²) in [6, 6.07) is 0.765. The second kappa shape index (κ2) is 8.09. The van der Waals surface area contributed by atoms with E-state index in [1.54, 1.807) is 13.2 Å². The molecule has 3 atom stereocenters. The van der Waals surface area contributed by atoms with Gasteiger partial charge in [0.1, 0.15) is 11.9 Å². The highest BCUT2D eigenvalue weighted by Crippen LogP contribution is 2.43. The fourth-order valence-electron chi connectivity index (χ4n) is 4.52. The Morgan fingerprint density at radius 3 is 2.54 bits per heavy atom. The fourth-order valence-corrected chi connectivity index (χ4v) is 4.52. The maximum atomic E-state index is 11.6. The third-order valence-electron chi connectivity index (χ3n) is 6.89. The lowest BCUT2D eigenvalue weighted by atomic mass is 9.76. The minimum Gasteiger partial charge on any atom is -0.369 e. The van der Waals surface area contributed by atoms with Crippen molar-refractivity contribution in [1.29, 1.82) is 0 Å². The lowest BCUT2D eigenvalue weighted by Crippen LogP contribution is -2.56. The quantitative estimate of drug-likeness (QED) is 0.784. The van der Waals surface area contributed by atoms with Gasteiger partial charge in [0.15, 0.2) is 0 Å². The molecular formula is C20H35N5O. The van der Waals surface area contributed by atoms with Crippen LogP contribution < -0.4 is 10.6 Å². The number of nitrogens with zero attached hydrogens (tertiary/aromatic N) is 3. The number of piperazine rings is 1. The van der Waals surface area contributed by atoms with E-state index in [0.717, 1.165) is 38.1 Å². The van der Waals surface area contributed by atoms with Crippen LogP contribution >= 0.6 is 0 Å². The zero-order valence-corrected chi connectivity index (χ0v) is 16.8. The third-order valence-corrected chi connectivity index (χ3v) is 6.89. The van der Waals surface area contributed by atoms with Gasteiger partial charge in [0.2, 0.25) is 0 Å². The number of likely N-dealkylation sites (N-methyl/N-ethyl adjacent to an activating group) is 1. The van der Waals surface area contributed by atoms with Crippen molar-refractivity contribution in [3.05, 3.63) is 11.9 Å². The van der Waals surface area contributed by atoms with Crippen LogP contribution in [0, 0.1) is 11.3 Å². The van der Waals surface area contributed by atoms with Gasteiger partial charge in [-0.2, -0.15) is 0 Å². The van der Waals surface area contributed by atoms with Crippen molar-refractivity contribution >= 4 is 12.1 Å². The number of carbonyl (C=O) groups excluding carboxylic acids is 1. The molecule has 2 N–H and O–H groups in total. The fraction of sp³-hybridized carbons (Fsp3) is 0.800. The Kier molecular flexibility index (Phi) is 6.03. The SMILES string of the molecule is CCC(C)(C)C1CCC(N2CCN(C3C=NC(C(=O)NC)=CN3)CC2)C1. The van der Waals surface area contributed by atoms with Crippen molar-refractivity contribution in [3.63, 3.8) is 0 Å². The molecule has 0 aromatic rings. The average molecular weight is 362 g/mol. The molecule has 1 saturated carbocycles. The number of nitrogens with one attached hydrogen (secondary N) is 2. The number of rotatable bonds is 5. The summed E-state index contributed by atoms with van der Waals surface area (Å²) in [6.45, 7) is 11.6. The Balaban J connectivity index is 1.46. The van der Waals surface area contributed by atoms with Crippen molar-refractivity contribution in [3.8, 4) is 0 Å². The highest BCUT2D eigenvalue weighted by Gasteiger charge is 2.38. The first-order chi connectivity index (χ1) is 12.4. The molecule has 2 aliphatic heterocycles. The summed E-state index contributed by atoms with van der Waals surface area (Å²) in [5.74, 6) is 0.721. The molecule has 3 unspecified atom stereocenters. The van der Waals surface area contributed by atoms with Crippen LogP contribution in [-0.2, 0) is 4.79 Å². The maximum absolute atomic E-state index is 11.6. The van der Waals surface area contributed by atoms with Crippen LogP contribution in [0.15, 0.2) is 16.9 Å². The van der Waals surface area contributed by atoms with Crippen LogP contribution in [0.25, 0.3) is 0 Å². The lowest BCUT2D eigenvalue weighted by Gasteiger charge is -2.41. The van der Waals surface area contributed by atoms with Gasteiger partial charge in [0.05, 0.1) is 0 Å². The molecule has 0 aromatic carbocycles. The monoisotopic (exact) mass is 361 g/mol. The molecule has 3 aliphatic rings. The summed E-state index contributed by atoms with van der Waals surface area (Å²) < 4.78 is 0. The van der Waals surface area contributed by atoms with Crippen molar-refractivity contribution in [1.82, 2.24) is 20.4 Å². The second-order valence-corrected chi connectivity index (χ2v) is 8.58. The molecule has 2 fully saturated rings. The van der Waals surface area contributed by atoms with Crippen LogP contribution in [-0.4, -0.2) is 67.4 Å². The molecule has 0 bridgehead atoms. The Morgan fingerprint density at radius 1 is 1.27 bits per heavy atom. The topological polar surface area (TPSA) is 60.0 Å². The zero-order chi connectivity index (χ0) is 18.7. The molecule has 0 aromatic heterocycles. The molecule has 6 nitrogen and oxygen atoms in total. The van der Waals surface area contributed by atoms with Crippen molar-refractivity contribution in [2.24, 2.45) is 16.3 Å². The highest BCUT2D eigenvalue weighted by molar-refractivity contribution is 5.95. The first kappa shape index (κ1) is 19.4. The van der Waals surface area contributed by atoms with E-state index in [2.05, 4.69) is 46.2 Å². The van der Waals surface area contributed by atoms with Gasteiger partial charge in [0.25, 0.3) is 5.91 Å². The first-order valence-corrected chi connectivity index (χ1v) is 10.1. The number of amides is 1. The van der Waals surface area contributed by atoms with Crippen molar-refractivity contribution < 1.29 is 4.79 Å². The average Bonchev–Trinajstić information content (AvgIpc) is 3.19. The van der Waals surface area contributed by atoms with Gasteiger partial charge < -0.3 is 10.6 Å². The molecule has 1 amide bonds. The standard InChI is InChI=1S/C20H35N5O/c1-5-20(2,3)15-6-7-16(12-15)24-8-10-25(11-9-24)18-14-22-17(13-23-18)19(26)21-4/h13-16,18,23H,5-12H2,1-4H3,(H,21,26). The van der Waals surface area contributed by atoms with E-state index in [0.29, 0.717) is 11.1 Å². The Hall–Kier alpha value is -1.40. The van der Waals surface area contributed by atoms with Crippen LogP contribution in [0.1, 0.15) is 46.5 Å². The number of aliphatic imine (C=N–C) groups is 1. The van der Waals surface area contributed by atoms with Crippen LogP contribution in [0.2, 0.25) is 0 Å². The van der Waals surface area contributed by atoms with E-state index in [4.69, 9.17) is 0 Å². The van der Waals surface area contributed by atoms with Gasteiger partial charge in [-0.05, 0) is 30.6 Å². The Labute approximate surface area is 158 Å². The van der Waals surface area contributed by atoms with Crippen molar-refractivity contribution in [2.75, 3.05) is 33.2 Å². The largest absolute Gasteiger partial charge is 0.369 e. The van der Waals surface area contributed by atoms with Gasteiger partial charge >= 0.3 is 0 Å². The van der Waals surface area contributed by atoms with Gasteiger partial charge in [-0.1, -0.05) is 27.2 Å². The second-order valence-electron chi connectivity index (χ2n) is 8.58. The van der Waals surface area contributed by atoms with Crippen LogP contribution in [0.5, 0.6) is 0 Å². The molecule has 0 spiro atoms. The molecule has 2 heterocycles. The lowest BCUT2D eigenvalue weighted by molar-refractivity contribution is -0.117. The normalized spacial score (nSPS) is 30.8. The zero-order valence-electron chi connectivity index (χ0n) is 16.8. The maximum Gasteiger partial charge on any atom is 0.271 e. The number of hydrogen-bond acceptors (Lipinski definition) is 5. The van der Waals surface area contributed by atoms with Gasteiger partial charge in [0, 0.05) is 51.7 Å². The van der Waals surface area contributed by atoms with E-state index in [-0.39, 0.29) is 12.1 Å². The summed E-state index contributed by atoms with van der Waals surface area (Å²) in [7, 11) is 1.62. The molecule has 146 valence electrons. The summed E-state index contributed by atoms with van der Waals surface area (Å²) in [5.41, 5.74) is 0.923. The van der Waals surface area contributed by atoms with Gasteiger partial charge in [-0.25, -0.2) is 0 Å². The van der Waals surface area contributed by atoms with E-state index >= 15 is 0 Å². The third kappa shape index (κ3) is 4.12. The van der Waals surface area contributed by atoms with E-state index < -0.39 is 0 Å². The van der Waals surface area contributed by atoms with Gasteiger partial charge in [-0.3, -0.25) is 19.6 Å². The Morgan fingerprint density at radius 2 is 1.96 bits per heavy atom. The molecule has 0 radical (unpaired) electrons. The minimum atomic E-state index is -0.150. The summed E-state index contributed by atoms with van der Waals surface area (Å²) in [6.07, 6.45) is 9.06. The molecule has 1 saturated heterocycles. The number of carbonyl (C=O) groups is 1. The van der Waals surface area contributed by atoms with Crippen molar-refractivity contribution in [2.45, 2.75) is 58.7 Å². The summed E-state index contributed by atoms with van der Waals surface area (Å²) >= 11 is 0. The first-order valence-electron chi connectivity index (χ1n) is 10.1. The highest BCUT2D eigenvalue weighted by atomic mass is 16.1. The molecular weight excluding hydrogens is 326 g/mol. The van der Waals surface area contributed by atoms with E-state index in [1.165, 1.54) is 25.7 Å². The summed E-state index contributed by atoms with van der Waals surface area (Å²) in [5, 5.41) is 5.91. The predicted molar refractivity (Wildman–Crippen MR) is 106 cm³/mol. The van der Waals surface area contributed by atoms with Crippen LogP contribution in [0.3, 0.4) is 0 Å². The predicted octanol–water partition coefficient (Wildman–Crippen LogP) is 1.80. The molecule has 26 heavy (non-hydrogen) atoms. The number of hydrogen-bond donors (Lipinski definition) is 2. The Bertz CT molecular complexity index is 563. The molecule has 3 rings (SSSR count). The molecule has 1 aliphatic carbocycles. The summed E-state index contributed by atoms with van der Waals surface area (Å²) in [4.78, 5) is 21.0. The van der Waals surface area contributed by atoms with E-state index in [1.807, 2.05) is 6.21 Å². The van der Waals surface area contributed by atoms with Gasteiger partial charge in [-0.15, -0.1) is 0 Å². The molecule has 6 heteroatoms. The minimum absolute atomic E-state index is 0.0981. The van der Waals surface area contributed by atoms with E-state index in [9.17, 15) is 4.79 Å².